The van der Waals surface area contributed by atoms with Gasteiger partial charge in [0.2, 0.25) is 5.24 Å². The smallest absolute Gasteiger partial charge is 0.305 e. The molecule has 0 aromatic carbocycles. The number of rotatable bonds is 7. The van der Waals surface area contributed by atoms with Crippen LogP contribution in [0.5, 0.6) is 0 Å². The first kappa shape index (κ1) is 21.1. The van der Waals surface area contributed by atoms with Crippen LogP contribution in [0.3, 0.4) is 0 Å². The van der Waals surface area contributed by atoms with Gasteiger partial charge in [-0.1, -0.05) is 0 Å². The molecule has 8 heteroatoms. The number of carbonyl (C=O) groups excluding carboxylic acids is 3. The molecule has 1 unspecified atom stereocenters. The summed E-state index contributed by atoms with van der Waals surface area (Å²) < 4.78 is 4.80. The fourth-order valence-electron chi connectivity index (χ4n) is 1.19. The van der Waals surface area contributed by atoms with Crippen LogP contribution in [0.1, 0.15) is 19.3 Å². The highest BCUT2D eigenvalue weighted by Crippen LogP contribution is 1.97. The van der Waals surface area contributed by atoms with Crippen LogP contribution in [0.4, 0.5) is 0 Å². The summed E-state index contributed by atoms with van der Waals surface area (Å²) in [7, 11) is 6.93. The molecule has 0 saturated heterocycles. The number of carboxylic acids is 1. The number of likely N-dealkylation sites (N-methyl/N-ethyl adjacent to an activating group) is 1. The maximum absolute atomic E-state index is 10.3. The zero-order valence-electron chi connectivity index (χ0n) is 12.2. The van der Waals surface area contributed by atoms with Gasteiger partial charge in [-0.2, -0.15) is 0 Å². The molecule has 20 heavy (non-hydrogen) atoms. The van der Waals surface area contributed by atoms with Crippen LogP contribution in [0.2, 0.25) is 0 Å². The number of hydrogen-bond acceptors (Lipinski definition) is 6. The van der Waals surface area contributed by atoms with E-state index in [1.54, 1.807) is 0 Å². The molecule has 0 aliphatic heterocycles. The van der Waals surface area contributed by atoms with Crippen LogP contribution in [-0.4, -0.2) is 67.7 Å². The Kier molecular flexibility index (Phi) is 11.2. The van der Waals surface area contributed by atoms with Crippen LogP contribution in [-0.2, 0) is 19.1 Å². The lowest BCUT2D eigenvalue weighted by Gasteiger charge is -2.26. The Labute approximate surface area is 123 Å². The minimum atomic E-state index is -1.20. The van der Waals surface area contributed by atoms with E-state index in [2.05, 4.69) is 4.74 Å². The second-order valence-electron chi connectivity index (χ2n) is 5.13. The number of halogens is 1. The molecule has 0 saturated carbocycles. The monoisotopic (exact) mass is 311 g/mol. The molecule has 0 bridgehead atoms. The standard InChI is InChI=1S/C7H15NO3.C5H7ClO3/c1-8(2,3)5-6(9)4-7(10)11;1-9-5(8)3-2-4(6)7/h6,9H,4-5H2,1-3H3;2-3H2,1H3. The maximum Gasteiger partial charge on any atom is 0.305 e. The minimum Gasteiger partial charge on any atom is -0.550 e. The van der Waals surface area contributed by atoms with Gasteiger partial charge in [-0.25, -0.2) is 0 Å². The van der Waals surface area contributed by atoms with Crippen molar-refractivity contribution >= 4 is 28.8 Å². The van der Waals surface area contributed by atoms with Gasteiger partial charge in [-0.05, 0) is 11.6 Å². The van der Waals surface area contributed by atoms with Crippen LogP contribution in [0.15, 0.2) is 0 Å². The Balaban J connectivity index is 0. The quantitative estimate of drug-likeness (QED) is 0.363. The molecular weight excluding hydrogens is 290 g/mol. The summed E-state index contributed by atoms with van der Waals surface area (Å²) in [5.74, 6) is -1.62. The van der Waals surface area contributed by atoms with E-state index in [-0.39, 0.29) is 19.3 Å². The third-order valence-corrected chi connectivity index (χ3v) is 2.10. The highest BCUT2D eigenvalue weighted by atomic mass is 35.5. The molecule has 0 aromatic rings. The summed E-state index contributed by atoms with van der Waals surface area (Å²) in [5.41, 5.74) is 0. The van der Waals surface area contributed by atoms with Crippen molar-refractivity contribution in [3.05, 3.63) is 0 Å². The van der Waals surface area contributed by atoms with E-state index in [9.17, 15) is 19.5 Å². The molecule has 0 radical (unpaired) electrons. The first-order chi connectivity index (χ1) is 8.97. The number of aliphatic hydroxyl groups is 1. The molecule has 0 spiro atoms. The number of hydrogen-bond donors (Lipinski definition) is 1. The highest BCUT2D eigenvalue weighted by molar-refractivity contribution is 6.63. The molecule has 0 aromatic heterocycles. The summed E-state index contributed by atoms with van der Waals surface area (Å²) in [6, 6.07) is 0. The van der Waals surface area contributed by atoms with E-state index in [1.807, 2.05) is 21.1 Å². The molecule has 0 fully saturated rings. The predicted molar refractivity (Wildman–Crippen MR) is 70.6 cm³/mol. The van der Waals surface area contributed by atoms with Crippen molar-refractivity contribution in [1.29, 1.82) is 0 Å². The van der Waals surface area contributed by atoms with Gasteiger partial charge in [0, 0.05) is 18.8 Å². The molecule has 1 N–H and O–H groups in total. The van der Waals surface area contributed by atoms with Crippen molar-refractivity contribution in [1.82, 2.24) is 0 Å². The van der Waals surface area contributed by atoms with Gasteiger partial charge < -0.3 is 24.2 Å². The van der Waals surface area contributed by atoms with Crippen molar-refractivity contribution in [2.24, 2.45) is 0 Å². The first-order valence-corrected chi connectivity index (χ1v) is 6.29. The molecule has 1 atom stereocenters. The van der Waals surface area contributed by atoms with E-state index in [4.69, 9.17) is 16.7 Å². The number of aliphatic carboxylic acids is 1. The molecule has 118 valence electrons. The van der Waals surface area contributed by atoms with Gasteiger partial charge >= 0.3 is 5.97 Å². The molecule has 7 nitrogen and oxygen atoms in total. The highest BCUT2D eigenvalue weighted by Gasteiger charge is 2.14. The van der Waals surface area contributed by atoms with Crippen LogP contribution < -0.4 is 5.11 Å². The van der Waals surface area contributed by atoms with Gasteiger partial charge in [-0.3, -0.25) is 9.59 Å². The van der Waals surface area contributed by atoms with E-state index in [0.717, 1.165) is 0 Å². The van der Waals surface area contributed by atoms with Gasteiger partial charge in [0.25, 0.3) is 0 Å². The van der Waals surface area contributed by atoms with Gasteiger partial charge in [0.05, 0.1) is 34.7 Å². The SMILES string of the molecule is COC(=O)CCC(=O)Cl.C[N+](C)(C)CC(O)CC(=O)[O-]. The fraction of sp³-hybridized carbons (Fsp3) is 0.750. The summed E-state index contributed by atoms with van der Waals surface area (Å²) in [6.45, 7) is 0.425. The molecule has 0 aliphatic rings. The zero-order chi connectivity index (χ0) is 16.3. The fourth-order valence-corrected chi connectivity index (χ4v) is 1.29. The van der Waals surface area contributed by atoms with E-state index < -0.39 is 23.3 Å². The molecule has 0 heterocycles. The zero-order valence-corrected chi connectivity index (χ0v) is 13.0. The number of ether oxygens (including phenoxy) is 1. The van der Waals surface area contributed by atoms with Gasteiger partial charge in [0.1, 0.15) is 12.6 Å². The van der Waals surface area contributed by atoms with Gasteiger partial charge in [-0.15, -0.1) is 0 Å². The lowest BCUT2D eigenvalue weighted by Crippen LogP contribution is -2.43. The molecular formula is C12H22ClNO6. The van der Waals surface area contributed by atoms with E-state index >= 15 is 0 Å². The lowest BCUT2D eigenvalue weighted by molar-refractivity contribution is -0.873. The Bertz CT molecular complexity index is 326. The third-order valence-electron chi connectivity index (χ3n) is 1.91. The maximum atomic E-state index is 10.3. The minimum absolute atomic E-state index is 0.0498. The van der Waals surface area contributed by atoms with Gasteiger partial charge in [0.15, 0.2) is 0 Å². The van der Waals surface area contributed by atoms with Crippen molar-refractivity contribution in [2.45, 2.75) is 25.4 Å². The predicted octanol–water partition coefficient (Wildman–Crippen LogP) is -1.10. The summed E-state index contributed by atoms with van der Waals surface area (Å²) in [5, 5.41) is 18.6. The lowest BCUT2D eigenvalue weighted by atomic mass is 10.2. The van der Waals surface area contributed by atoms with Crippen molar-refractivity contribution in [3.63, 3.8) is 0 Å². The number of carboxylic acid groups (broad SMARTS) is 1. The van der Waals surface area contributed by atoms with Crippen molar-refractivity contribution < 1.29 is 33.8 Å². The largest absolute Gasteiger partial charge is 0.550 e. The summed E-state index contributed by atoms with van der Waals surface area (Å²) in [6.07, 6.45) is -0.970. The second-order valence-corrected chi connectivity index (χ2v) is 5.56. The Hall–Kier alpha value is -1.18. The number of carbonyl (C=O) groups is 3. The van der Waals surface area contributed by atoms with E-state index in [0.29, 0.717) is 11.0 Å². The number of methoxy groups -OCH3 is 1. The normalized spacial score (nSPS) is 11.9. The number of esters is 1. The topological polar surface area (TPSA) is 104 Å². The molecule has 0 rings (SSSR count). The third kappa shape index (κ3) is 19.2. The average Bonchev–Trinajstić information content (AvgIpc) is 2.22. The summed E-state index contributed by atoms with van der Waals surface area (Å²) >= 11 is 4.93. The molecule has 0 aliphatic carbocycles. The second kappa shape index (κ2) is 10.6. The summed E-state index contributed by atoms with van der Waals surface area (Å²) in [4.78, 5) is 30.3. The van der Waals surface area contributed by atoms with Crippen LogP contribution >= 0.6 is 11.6 Å². The van der Waals surface area contributed by atoms with Crippen molar-refractivity contribution in [3.8, 4) is 0 Å². The number of aliphatic hydroxyl groups excluding tert-OH is 1. The van der Waals surface area contributed by atoms with Crippen molar-refractivity contribution in [2.75, 3.05) is 34.8 Å². The number of quaternary nitrogens is 1. The number of nitrogens with zero attached hydrogens (tertiary/aromatic N) is 1. The molecule has 0 amide bonds. The Morgan fingerprint density at radius 1 is 1.25 bits per heavy atom. The van der Waals surface area contributed by atoms with Crippen LogP contribution in [0, 0.1) is 0 Å². The Morgan fingerprint density at radius 2 is 1.75 bits per heavy atom. The van der Waals surface area contributed by atoms with E-state index in [1.165, 1.54) is 7.11 Å². The average molecular weight is 312 g/mol. The Morgan fingerprint density at radius 3 is 2.05 bits per heavy atom. The first-order valence-electron chi connectivity index (χ1n) is 5.91. The van der Waals surface area contributed by atoms with Crippen LogP contribution in [0.25, 0.3) is 0 Å².